The van der Waals surface area contributed by atoms with Crippen molar-refractivity contribution in [1.82, 2.24) is 29.6 Å². The summed E-state index contributed by atoms with van der Waals surface area (Å²) >= 11 is 0. The Morgan fingerprint density at radius 1 is 1.02 bits per heavy atom. The third-order valence-corrected chi connectivity index (χ3v) is 10.4. The highest BCUT2D eigenvalue weighted by Crippen LogP contribution is 2.52. The Hall–Kier alpha value is -4.58. The molecule has 2 bridgehead atoms. The van der Waals surface area contributed by atoms with Gasteiger partial charge in [-0.05, 0) is 67.3 Å². The Morgan fingerprint density at radius 2 is 1.72 bits per heavy atom. The number of aryl methyl sites for hydroxylation is 1. The first kappa shape index (κ1) is 32.4. The van der Waals surface area contributed by atoms with E-state index in [0.29, 0.717) is 43.4 Å². The number of fused-ring (bicyclic) bond motifs is 3. The molecule has 11 nitrogen and oxygen atoms in total. The normalized spacial score (nSPS) is 21.7. The predicted octanol–water partition coefficient (Wildman–Crippen LogP) is 2.70. The monoisotopic (exact) mass is 644 g/mol. The van der Waals surface area contributed by atoms with Gasteiger partial charge in [-0.25, -0.2) is 9.37 Å². The van der Waals surface area contributed by atoms with Crippen LogP contribution in [0.4, 0.5) is 4.39 Å². The largest absolute Gasteiger partial charge is 0.501 e. The number of rotatable bonds is 6. The van der Waals surface area contributed by atoms with Crippen LogP contribution in [0.25, 0.3) is 0 Å². The van der Waals surface area contributed by atoms with Crippen molar-refractivity contribution in [3.05, 3.63) is 92.4 Å². The quantitative estimate of drug-likeness (QED) is 0.395. The van der Waals surface area contributed by atoms with Crippen LogP contribution in [0.5, 0.6) is 5.75 Å². The van der Waals surface area contributed by atoms with Gasteiger partial charge in [-0.2, -0.15) is 0 Å². The molecule has 0 spiro atoms. The van der Waals surface area contributed by atoms with E-state index in [4.69, 9.17) is 0 Å². The Labute approximate surface area is 273 Å². The second-order valence-electron chi connectivity index (χ2n) is 13.6. The Bertz CT molecular complexity index is 1810. The zero-order chi connectivity index (χ0) is 33.7. The molecule has 12 heteroatoms. The molecule has 1 saturated carbocycles. The van der Waals surface area contributed by atoms with E-state index in [-0.39, 0.29) is 30.1 Å². The van der Waals surface area contributed by atoms with Crippen LogP contribution in [0.3, 0.4) is 0 Å². The van der Waals surface area contributed by atoms with Gasteiger partial charge in [0.1, 0.15) is 17.2 Å². The summed E-state index contributed by atoms with van der Waals surface area (Å²) in [6, 6.07) is 12.9. The lowest BCUT2D eigenvalue weighted by molar-refractivity contribution is -0.155. The van der Waals surface area contributed by atoms with Gasteiger partial charge in [0.15, 0.2) is 5.69 Å². The Balaban J connectivity index is 1.37. The van der Waals surface area contributed by atoms with Crippen molar-refractivity contribution in [3.8, 4) is 5.75 Å². The van der Waals surface area contributed by atoms with Gasteiger partial charge in [-0.1, -0.05) is 36.4 Å². The van der Waals surface area contributed by atoms with Crippen molar-refractivity contribution in [1.29, 1.82) is 0 Å². The molecule has 0 unspecified atom stereocenters. The van der Waals surface area contributed by atoms with Crippen molar-refractivity contribution in [2.45, 2.75) is 64.2 Å². The molecule has 47 heavy (non-hydrogen) atoms. The number of amides is 3. The van der Waals surface area contributed by atoms with Gasteiger partial charge in [0.05, 0.1) is 0 Å². The summed E-state index contributed by atoms with van der Waals surface area (Å²) in [7, 11) is 4.55. The van der Waals surface area contributed by atoms with Crippen molar-refractivity contribution < 1.29 is 23.9 Å². The first-order valence-corrected chi connectivity index (χ1v) is 16.0. The van der Waals surface area contributed by atoms with E-state index in [1.807, 2.05) is 6.07 Å². The number of nitrogens with zero attached hydrogens (tertiary/aromatic N) is 5. The number of halogens is 1. The van der Waals surface area contributed by atoms with Gasteiger partial charge < -0.3 is 20.2 Å². The van der Waals surface area contributed by atoms with Crippen LogP contribution in [0.2, 0.25) is 0 Å². The van der Waals surface area contributed by atoms with E-state index in [1.54, 1.807) is 20.0 Å². The van der Waals surface area contributed by atoms with E-state index in [0.717, 1.165) is 19.5 Å². The van der Waals surface area contributed by atoms with E-state index < -0.39 is 40.3 Å². The minimum absolute atomic E-state index is 0.0163. The lowest BCUT2D eigenvalue weighted by Crippen LogP contribution is -2.55. The van der Waals surface area contributed by atoms with E-state index >= 15 is 0 Å². The first-order chi connectivity index (χ1) is 22.3. The molecule has 4 aliphatic rings. The lowest BCUT2D eigenvalue weighted by atomic mass is 9.67. The smallest absolute Gasteiger partial charge is 0.312 e. The number of benzene rings is 2. The highest BCUT2D eigenvalue weighted by atomic mass is 19.1. The second-order valence-corrected chi connectivity index (χ2v) is 13.6. The molecule has 1 fully saturated rings. The minimum atomic E-state index is -1.16. The summed E-state index contributed by atoms with van der Waals surface area (Å²) in [6.45, 7) is 4.25. The Kier molecular flexibility index (Phi) is 8.41. The average molecular weight is 645 g/mol. The van der Waals surface area contributed by atoms with Crippen LogP contribution in [0.1, 0.15) is 64.2 Å². The van der Waals surface area contributed by atoms with Gasteiger partial charge in [0.25, 0.3) is 11.5 Å². The van der Waals surface area contributed by atoms with E-state index in [2.05, 4.69) is 33.4 Å². The lowest BCUT2D eigenvalue weighted by Gasteiger charge is -2.48. The van der Waals surface area contributed by atoms with Crippen LogP contribution < -0.4 is 10.9 Å². The molecule has 0 saturated heterocycles. The predicted molar refractivity (Wildman–Crippen MR) is 172 cm³/mol. The van der Waals surface area contributed by atoms with Crippen LogP contribution >= 0.6 is 0 Å². The molecule has 1 aliphatic carbocycles. The van der Waals surface area contributed by atoms with Crippen molar-refractivity contribution >= 4 is 17.7 Å². The van der Waals surface area contributed by atoms with Gasteiger partial charge >= 0.3 is 11.8 Å². The van der Waals surface area contributed by atoms with Crippen molar-refractivity contribution in [3.63, 3.8) is 0 Å². The Morgan fingerprint density at radius 3 is 2.40 bits per heavy atom. The summed E-state index contributed by atoms with van der Waals surface area (Å²) in [6.07, 6.45) is 3.07. The van der Waals surface area contributed by atoms with Crippen LogP contribution in [0, 0.1) is 18.2 Å². The molecular weight excluding hydrogens is 603 g/mol. The first-order valence-electron chi connectivity index (χ1n) is 16.0. The molecular formula is C35H41FN6O5. The van der Waals surface area contributed by atoms with Gasteiger partial charge in [0, 0.05) is 59.3 Å². The summed E-state index contributed by atoms with van der Waals surface area (Å²) < 4.78 is 15.2. The van der Waals surface area contributed by atoms with Crippen molar-refractivity contribution in [2.24, 2.45) is 5.41 Å². The fourth-order valence-electron chi connectivity index (χ4n) is 7.58. The number of likely N-dealkylation sites (N-methyl/N-ethyl adjacent to an activating group) is 2. The summed E-state index contributed by atoms with van der Waals surface area (Å²) in [5.41, 5.74) is 0.933. The van der Waals surface area contributed by atoms with Crippen LogP contribution in [-0.2, 0) is 41.2 Å². The minimum Gasteiger partial charge on any atom is -0.501 e. The summed E-state index contributed by atoms with van der Waals surface area (Å²) in [4.78, 5) is 63.5. The summed E-state index contributed by atoms with van der Waals surface area (Å²) in [5, 5.41) is 13.8. The third kappa shape index (κ3) is 5.79. The molecule has 1 aromatic heterocycles. The number of hydrogen-bond acceptors (Lipinski definition) is 7. The van der Waals surface area contributed by atoms with E-state index in [1.165, 1.54) is 51.7 Å². The zero-order valence-electron chi connectivity index (χ0n) is 27.3. The maximum atomic E-state index is 14.0. The third-order valence-electron chi connectivity index (χ3n) is 10.4. The van der Waals surface area contributed by atoms with Crippen molar-refractivity contribution in [2.75, 3.05) is 34.2 Å². The van der Waals surface area contributed by atoms with Gasteiger partial charge in [-0.3, -0.25) is 28.6 Å². The van der Waals surface area contributed by atoms with Gasteiger partial charge in [-0.15, -0.1) is 0 Å². The SMILES string of the molecule is Cc1cc(CNC(=O)c2nc3n(c(=O)c2O)CC2(CN4CCc5ccccc5C4)CCC3(N(C)C(=O)C(=O)N(C)C)CC2)ccc1F. The molecule has 3 amide bonds. The molecule has 0 radical (unpaired) electrons. The zero-order valence-corrected chi connectivity index (χ0v) is 27.3. The molecule has 2 N–H and O–H groups in total. The molecule has 0 atom stereocenters. The number of carbonyl (C=O) groups is 3. The highest BCUT2D eigenvalue weighted by Gasteiger charge is 2.55. The number of aromatic hydroxyl groups is 1. The molecule has 248 valence electrons. The van der Waals surface area contributed by atoms with Gasteiger partial charge in [0.2, 0.25) is 5.75 Å². The van der Waals surface area contributed by atoms with Crippen LogP contribution in [0.15, 0.2) is 47.3 Å². The fourth-order valence-corrected chi connectivity index (χ4v) is 7.58. The number of aromatic nitrogens is 2. The number of hydrogen-bond donors (Lipinski definition) is 2. The number of carbonyl (C=O) groups excluding carboxylic acids is 3. The summed E-state index contributed by atoms with van der Waals surface area (Å²) in [5.74, 6) is -3.20. The number of nitrogens with one attached hydrogen (secondary N) is 1. The molecule has 7 rings (SSSR count). The molecule has 3 aliphatic heterocycles. The molecule has 2 aromatic carbocycles. The maximum Gasteiger partial charge on any atom is 0.312 e. The fraction of sp³-hybridized carbons (Fsp3) is 0.457. The topological polar surface area (TPSA) is 128 Å². The average Bonchev–Trinajstić information content (AvgIpc) is 3.29. The highest BCUT2D eigenvalue weighted by molar-refractivity contribution is 6.34. The molecule has 4 heterocycles. The maximum absolute atomic E-state index is 14.0. The van der Waals surface area contributed by atoms with E-state index in [9.17, 15) is 28.7 Å². The molecule has 3 aromatic rings. The standard InChI is InChI=1S/C35H41FN6O5/c1-22-17-23(9-10-26(22)36)18-37-29(44)27-28(43)30(45)42-21-34(20-41-16-11-24-7-5-6-8-25(24)19-41)12-14-35(15-13-34,33(42)38-27)40(4)32(47)31(46)39(2)3/h5-10,17,43H,11-16,18-21H2,1-4H3,(H,37,44). The second kappa shape index (κ2) is 12.2. The van der Waals surface area contributed by atoms with Crippen LogP contribution in [-0.4, -0.2) is 81.3 Å².